The number of allylic oxidation sites excluding steroid dienone is 4. The van der Waals surface area contributed by atoms with Crippen LogP contribution in [0.3, 0.4) is 0 Å². The maximum Gasteiger partial charge on any atom is 0.254 e. The summed E-state index contributed by atoms with van der Waals surface area (Å²) in [5.41, 5.74) is 3.60. The van der Waals surface area contributed by atoms with Crippen LogP contribution in [-0.4, -0.2) is 53.2 Å². The van der Waals surface area contributed by atoms with Crippen LogP contribution in [0.25, 0.3) is 10.4 Å². The molecule has 38 heavy (non-hydrogen) atoms. The standard InChI is InChI=1S/C28H27FN4O3S2/c1-28(26(35)31-27-32-30-16-37-27)15-23-21(24(28)19-3-2-4-20(29)13-19)14-22(38-23)17-5-7-18(8-6-17)25(34)33-9-11-36-12-10-33/h2-8,14,16,19,24H,9-13,15H2,1H3,(H,31,32,35)/t19?,24-,28+/m1/s1. The van der Waals surface area contributed by atoms with Gasteiger partial charge in [-0.15, -0.1) is 21.5 Å². The number of thiophene rings is 1. The Hall–Kier alpha value is -3.21. The van der Waals surface area contributed by atoms with E-state index in [0.29, 0.717) is 43.4 Å². The number of carbonyl (C=O) groups is 2. The van der Waals surface area contributed by atoms with Crippen LogP contribution in [0.1, 0.15) is 40.1 Å². The Balaban J connectivity index is 1.28. The number of hydrogen-bond donors (Lipinski definition) is 1. The Morgan fingerprint density at radius 3 is 2.71 bits per heavy atom. The molecule has 1 fully saturated rings. The van der Waals surface area contributed by atoms with Gasteiger partial charge in [0.2, 0.25) is 11.0 Å². The fourth-order valence-corrected chi connectivity index (χ4v) is 7.61. The van der Waals surface area contributed by atoms with E-state index in [2.05, 4.69) is 21.6 Å². The fraction of sp³-hybridized carbons (Fsp3) is 0.357. The van der Waals surface area contributed by atoms with E-state index in [1.54, 1.807) is 22.9 Å². The van der Waals surface area contributed by atoms with Crippen LogP contribution in [0.2, 0.25) is 0 Å². The van der Waals surface area contributed by atoms with E-state index in [1.165, 1.54) is 17.4 Å². The van der Waals surface area contributed by atoms with Gasteiger partial charge in [0.1, 0.15) is 11.3 Å². The third-order valence-corrected chi connectivity index (χ3v) is 9.51. The Labute approximate surface area is 228 Å². The largest absolute Gasteiger partial charge is 0.378 e. The van der Waals surface area contributed by atoms with Crippen molar-refractivity contribution in [3.05, 3.63) is 75.9 Å². The summed E-state index contributed by atoms with van der Waals surface area (Å²) in [7, 11) is 0. The van der Waals surface area contributed by atoms with Crippen molar-refractivity contribution in [1.29, 1.82) is 0 Å². The highest BCUT2D eigenvalue weighted by Gasteiger charge is 2.52. The van der Waals surface area contributed by atoms with Gasteiger partial charge in [0.05, 0.1) is 18.6 Å². The number of hydrogen-bond acceptors (Lipinski definition) is 7. The molecule has 7 nitrogen and oxygen atoms in total. The molecule has 1 aromatic carbocycles. The summed E-state index contributed by atoms with van der Waals surface area (Å²) in [4.78, 5) is 30.5. The average molecular weight is 551 g/mol. The van der Waals surface area contributed by atoms with Crippen molar-refractivity contribution in [2.45, 2.75) is 25.7 Å². The van der Waals surface area contributed by atoms with Crippen molar-refractivity contribution in [1.82, 2.24) is 15.1 Å². The molecule has 1 unspecified atom stereocenters. The summed E-state index contributed by atoms with van der Waals surface area (Å²) < 4.78 is 19.7. The smallest absolute Gasteiger partial charge is 0.254 e. The average Bonchev–Trinajstić information content (AvgIpc) is 3.65. The fourth-order valence-electron chi connectivity index (χ4n) is 5.78. The molecule has 196 valence electrons. The SMILES string of the molecule is C[C@]1(C(=O)Nc2nncs2)Cc2sc(-c3ccc(C(=O)N4CCOCC4)cc3)cc2[C@H]1C1C=CC=C(F)C1. The van der Waals surface area contributed by atoms with Gasteiger partial charge in [-0.05, 0) is 54.7 Å². The number of carbonyl (C=O) groups excluding carboxylic acids is 2. The van der Waals surface area contributed by atoms with Crippen LogP contribution in [0, 0.1) is 11.3 Å². The molecule has 3 aliphatic rings. The van der Waals surface area contributed by atoms with Crippen LogP contribution in [-0.2, 0) is 16.0 Å². The Morgan fingerprint density at radius 2 is 2.00 bits per heavy atom. The number of fused-ring (bicyclic) bond motifs is 1. The van der Waals surface area contributed by atoms with Gasteiger partial charge in [-0.1, -0.05) is 35.6 Å². The van der Waals surface area contributed by atoms with Gasteiger partial charge in [-0.25, -0.2) is 4.39 Å². The molecular formula is C28H27FN4O3S2. The van der Waals surface area contributed by atoms with Crippen LogP contribution in [0.5, 0.6) is 0 Å². The second kappa shape index (κ2) is 10.2. The highest BCUT2D eigenvalue weighted by atomic mass is 32.1. The van der Waals surface area contributed by atoms with E-state index in [1.807, 2.05) is 42.2 Å². The predicted octanol–water partition coefficient (Wildman–Crippen LogP) is 5.45. The van der Waals surface area contributed by atoms with Crippen molar-refractivity contribution in [2.75, 3.05) is 31.6 Å². The lowest BCUT2D eigenvalue weighted by molar-refractivity contribution is -0.126. The van der Waals surface area contributed by atoms with E-state index < -0.39 is 5.41 Å². The zero-order valence-electron chi connectivity index (χ0n) is 20.9. The third kappa shape index (κ3) is 4.61. The molecule has 2 amide bonds. The number of halogens is 1. The van der Waals surface area contributed by atoms with Crippen molar-refractivity contribution >= 4 is 39.6 Å². The Bertz CT molecular complexity index is 1410. The van der Waals surface area contributed by atoms with E-state index >= 15 is 0 Å². The number of nitrogens with zero attached hydrogens (tertiary/aromatic N) is 3. The third-order valence-electron chi connectivity index (χ3n) is 7.70. The first-order chi connectivity index (χ1) is 18.4. The topological polar surface area (TPSA) is 84.4 Å². The molecule has 0 spiro atoms. The maximum atomic E-state index is 14.4. The molecule has 3 aromatic rings. The molecule has 1 aliphatic heterocycles. The van der Waals surface area contributed by atoms with Gasteiger partial charge in [-0.2, -0.15) is 0 Å². The molecule has 2 aliphatic carbocycles. The number of anilines is 1. The number of benzene rings is 1. The summed E-state index contributed by atoms with van der Waals surface area (Å²) in [6.07, 6.45) is 6.09. The molecule has 0 bridgehead atoms. The summed E-state index contributed by atoms with van der Waals surface area (Å²) in [5.74, 6) is -0.604. The highest BCUT2D eigenvalue weighted by Crippen LogP contribution is 2.57. The first kappa shape index (κ1) is 25.1. The van der Waals surface area contributed by atoms with Crippen molar-refractivity contribution < 1.29 is 18.7 Å². The Morgan fingerprint density at radius 1 is 1.21 bits per heavy atom. The van der Waals surface area contributed by atoms with Gasteiger partial charge < -0.3 is 15.0 Å². The second-order valence-corrected chi connectivity index (χ2v) is 12.1. The number of rotatable bonds is 5. The van der Waals surface area contributed by atoms with Crippen molar-refractivity contribution in [3.63, 3.8) is 0 Å². The van der Waals surface area contributed by atoms with Crippen LogP contribution >= 0.6 is 22.7 Å². The molecular weight excluding hydrogens is 523 g/mol. The number of ether oxygens (including phenoxy) is 1. The molecule has 3 heterocycles. The lowest BCUT2D eigenvalue weighted by Gasteiger charge is -2.35. The van der Waals surface area contributed by atoms with E-state index in [0.717, 1.165) is 20.9 Å². The monoisotopic (exact) mass is 550 g/mol. The quantitative estimate of drug-likeness (QED) is 0.457. The van der Waals surface area contributed by atoms with Crippen LogP contribution in [0.4, 0.5) is 9.52 Å². The highest BCUT2D eigenvalue weighted by molar-refractivity contribution is 7.15. The summed E-state index contributed by atoms with van der Waals surface area (Å²) in [6, 6.07) is 9.86. The van der Waals surface area contributed by atoms with Crippen molar-refractivity contribution in [3.8, 4) is 10.4 Å². The molecule has 10 heteroatoms. The molecule has 1 N–H and O–H groups in total. The normalized spacial score (nSPS) is 24.7. The molecule has 1 saturated heterocycles. The van der Waals surface area contributed by atoms with E-state index in [4.69, 9.17) is 4.74 Å². The maximum absolute atomic E-state index is 14.4. The van der Waals surface area contributed by atoms with Crippen molar-refractivity contribution in [2.24, 2.45) is 11.3 Å². The summed E-state index contributed by atoms with van der Waals surface area (Å²) >= 11 is 2.94. The number of nitrogens with one attached hydrogen (secondary N) is 1. The van der Waals surface area contributed by atoms with E-state index in [-0.39, 0.29) is 35.9 Å². The predicted molar refractivity (Wildman–Crippen MR) is 146 cm³/mol. The molecule has 3 atom stereocenters. The first-order valence-corrected chi connectivity index (χ1v) is 14.3. The minimum Gasteiger partial charge on any atom is -0.378 e. The zero-order valence-corrected chi connectivity index (χ0v) is 22.5. The van der Waals surface area contributed by atoms with Gasteiger partial charge in [0.25, 0.3) is 5.91 Å². The number of morpholine rings is 1. The van der Waals surface area contributed by atoms with Gasteiger partial charge in [-0.3, -0.25) is 9.59 Å². The van der Waals surface area contributed by atoms with Gasteiger partial charge in [0, 0.05) is 40.7 Å². The molecule has 0 saturated carbocycles. The summed E-state index contributed by atoms with van der Waals surface area (Å²) in [5, 5.41) is 11.2. The second-order valence-electron chi connectivity index (χ2n) is 10.1. The minimum absolute atomic E-state index is 0.0185. The lowest BCUT2D eigenvalue weighted by Crippen LogP contribution is -2.40. The van der Waals surface area contributed by atoms with Crippen LogP contribution < -0.4 is 5.32 Å². The first-order valence-electron chi connectivity index (χ1n) is 12.6. The van der Waals surface area contributed by atoms with E-state index in [9.17, 15) is 14.0 Å². The van der Waals surface area contributed by atoms with Gasteiger partial charge >= 0.3 is 0 Å². The molecule has 2 aromatic heterocycles. The number of amides is 2. The molecule has 6 rings (SSSR count). The molecule has 0 radical (unpaired) electrons. The lowest BCUT2D eigenvalue weighted by atomic mass is 9.68. The van der Waals surface area contributed by atoms with Gasteiger partial charge in [0.15, 0.2) is 0 Å². The Kier molecular flexibility index (Phi) is 6.71. The number of aromatic nitrogens is 2. The minimum atomic E-state index is -0.758. The van der Waals surface area contributed by atoms with Crippen LogP contribution in [0.15, 0.2) is 59.9 Å². The summed E-state index contributed by atoms with van der Waals surface area (Å²) in [6.45, 7) is 4.32. The zero-order chi connectivity index (χ0) is 26.3.